The fourth-order valence-corrected chi connectivity index (χ4v) is 2.60. The lowest BCUT2D eigenvalue weighted by Gasteiger charge is -2.14. The second-order valence-electron chi connectivity index (χ2n) is 5.98. The van der Waals surface area contributed by atoms with Crippen molar-refractivity contribution in [1.82, 2.24) is 15.0 Å². The van der Waals surface area contributed by atoms with Crippen LogP contribution in [0.15, 0.2) is 48.8 Å². The fraction of sp³-hybridized carbons (Fsp3) is 0.150. The van der Waals surface area contributed by atoms with E-state index >= 15 is 0 Å². The number of carboxylic acids is 1. The molecule has 0 saturated heterocycles. The Kier molecular flexibility index (Phi) is 6.38. The van der Waals surface area contributed by atoms with E-state index in [9.17, 15) is 9.59 Å². The predicted molar refractivity (Wildman–Crippen MR) is 109 cm³/mol. The number of carbonyl (C=O) groups is 2. The van der Waals surface area contributed by atoms with Crippen molar-refractivity contribution < 1.29 is 24.2 Å². The maximum atomic E-state index is 11.9. The summed E-state index contributed by atoms with van der Waals surface area (Å²) in [4.78, 5) is 35.4. The van der Waals surface area contributed by atoms with Crippen LogP contribution in [0.2, 0.25) is 0 Å². The minimum atomic E-state index is -1.05. The first-order valence-electron chi connectivity index (χ1n) is 8.78. The summed E-state index contributed by atoms with van der Waals surface area (Å²) in [6.07, 6.45) is 3.25. The summed E-state index contributed by atoms with van der Waals surface area (Å²) in [5.74, 6) is -0.575. The number of rotatable bonds is 8. The summed E-state index contributed by atoms with van der Waals surface area (Å²) in [6, 6.07) is 10.0. The Morgan fingerprint density at radius 1 is 1.07 bits per heavy atom. The summed E-state index contributed by atoms with van der Waals surface area (Å²) in [5, 5.41) is 14.7. The van der Waals surface area contributed by atoms with Crippen molar-refractivity contribution in [2.45, 2.75) is 0 Å². The molecule has 0 aliphatic heterocycles. The Balaban J connectivity index is 2.01. The minimum Gasteiger partial charge on any atom is -0.495 e. The molecule has 2 heterocycles. The molecule has 0 fully saturated rings. The number of aliphatic carboxylic acids is 1. The van der Waals surface area contributed by atoms with Gasteiger partial charge in [0.2, 0.25) is 5.95 Å². The first-order valence-corrected chi connectivity index (χ1v) is 8.78. The van der Waals surface area contributed by atoms with Crippen LogP contribution in [0.25, 0.3) is 11.3 Å². The van der Waals surface area contributed by atoms with Crippen LogP contribution in [0.1, 0.15) is 10.4 Å². The van der Waals surface area contributed by atoms with Gasteiger partial charge in [-0.15, -0.1) is 0 Å². The van der Waals surface area contributed by atoms with E-state index in [1.165, 1.54) is 14.2 Å². The van der Waals surface area contributed by atoms with E-state index in [1.807, 2.05) is 0 Å². The van der Waals surface area contributed by atoms with Crippen LogP contribution in [-0.4, -0.2) is 52.8 Å². The van der Waals surface area contributed by atoms with Gasteiger partial charge >= 0.3 is 11.9 Å². The van der Waals surface area contributed by atoms with Gasteiger partial charge in [0.05, 0.1) is 31.2 Å². The third kappa shape index (κ3) is 4.98. The quantitative estimate of drug-likeness (QED) is 0.476. The molecule has 0 aliphatic rings. The van der Waals surface area contributed by atoms with Gasteiger partial charge in [-0.25, -0.2) is 9.78 Å². The molecule has 1 aromatic carbocycles. The van der Waals surface area contributed by atoms with Gasteiger partial charge < -0.3 is 25.2 Å². The van der Waals surface area contributed by atoms with E-state index in [0.717, 1.165) is 5.56 Å². The predicted octanol–water partition coefficient (Wildman–Crippen LogP) is 2.57. The van der Waals surface area contributed by atoms with E-state index in [2.05, 4.69) is 25.6 Å². The van der Waals surface area contributed by atoms with Gasteiger partial charge in [0.1, 0.15) is 18.1 Å². The second-order valence-corrected chi connectivity index (χ2v) is 5.98. The second kappa shape index (κ2) is 9.32. The topological polar surface area (TPSA) is 136 Å². The standard InChI is InChI=1S/C20H19N5O5/c1-29-16-4-3-13(19(28)30-2)9-15(16)23-17-10-14(12-5-7-21-8-6-12)24-20(25-17)22-11-18(26)27/h3-10H,11H2,1-2H3,(H,26,27)(H2,22,23,24,25). The van der Waals surface area contributed by atoms with E-state index in [4.69, 9.17) is 14.6 Å². The van der Waals surface area contributed by atoms with Crippen molar-refractivity contribution in [2.24, 2.45) is 0 Å². The van der Waals surface area contributed by atoms with Crippen molar-refractivity contribution in [1.29, 1.82) is 0 Å². The Labute approximate surface area is 171 Å². The lowest BCUT2D eigenvalue weighted by molar-refractivity contribution is -0.134. The lowest BCUT2D eigenvalue weighted by atomic mass is 10.1. The molecule has 3 N–H and O–H groups in total. The monoisotopic (exact) mass is 409 g/mol. The first-order chi connectivity index (χ1) is 14.5. The molecule has 3 aromatic rings. The highest BCUT2D eigenvalue weighted by atomic mass is 16.5. The molecule has 0 saturated carbocycles. The van der Waals surface area contributed by atoms with Gasteiger partial charge in [-0.2, -0.15) is 4.98 Å². The molecule has 10 nitrogen and oxygen atoms in total. The Bertz CT molecular complexity index is 1060. The van der Waals surface area contributed by atoms with Gasteiger partial charge in [0, 0.05) is 24.0 Å². The molecule has 0 amide bonds. The molecule has 0 bridgehead atoms. The Morgan fingerprint density at radius 3 is 2.50 bits per heavy atom. The smallest absolute Gasteiger partial charge is 0.337 e. The first kappa shape index (κ1) is 20.5. The summed E-state index contributed by atoms with van der Waals surface area (Å²) >= 11 is 0. The largest absolute Gasteiger partial charge is 0.495 e. The van der Waals surface area contributed by atoms with Gasteiger partial charge in [-0.3, -0.25) is 9.78 Å². The average Bonchev–Trinajstić information content (AvgIpc) is 2.77. The molecule has 154 valence electrons. The SMILES string of the molecule is COC(=O)c1ccc(OC)c(Nc2cc(-c3ccncc3)nc(NCC(=O)O)n2)c1. The summed E-state index contributed by atoms with van der Waals surface area (Å²) in [6.45, 7) is -0.347. The van der Waals surface area contributed by atoms with Crippen molar-refractivity contribution in [3.8, 4) is 17.0 Å². The fourth-order valence-electron chi connectivity index (χ4n) is 2.60. The van der Waals surface area contributed by atoms with Crippen molar-refractivity contribution in [3.05, 3.63) is 54.4 Å². The van der Waals surface area contributed by atoms with E-state index in [-0.39, 0.29) is 12.5 Å². The number of anilines is 3. The molecule has 0 spiro atoms. The number of pyridine rings is 1. The highest BCUT2D eigenvalue weighted by Gasteiger charge is 2.13. The van der Waals surface area contributed by atoms with Crippen LogP contribution in [0.5, 0.6) is 5.75 Å². The molecule has 0 atom stereocenters. The molecule has 0 unspecified atom stereocenters. The number of hydrogen-bond donors (Lipinski definition) is 3. The average molecular weight is 409 g/mol. The van der Waals surface area contributed by atoms with E-state index < -0.39 is 11.9 Å². The molecular weight excluding hydrogens is 390 g/mol. The molecule has 0 radical (unpaired) electrons. The highest BCUT2D eigenvalue weighted by Crippen LogP contribution is 2.30. The van der Waals surface area contributed by atoms with Gasteiger partial charge in [-0.1, -0.05) is 0 Å². The zero-order chi connectivity index (χ0) is 21.5. The number of hydrogen-bond acceptors (Lipinski definition) is 9. The molecule has 30 heavy (non-hydrogen) atoms. The Hall–Kier alpha value is -4.21. The number of carboxylic acid groups (broad SMARTS) is 1. The van der Waals surface area contributed by atoms with Crippen LogP contribution in [0, 0.1) is 0 Å². The van der Waals surface area contributed by atoms with Crippen LogP contribution in [-0.2, 0) is 9.53 Å². The van der Waals surface area contributed by atoms with E-state index in [1.54, 1.807) is 48.8 Å². The number of carbonyl (C=O) groups excluding carboxylic acids is 1. The number of methoxy groups -OCH3 is 2. The number of benzene rings is 1. The molecule has 10 heteroatoms. The van der Waals surface area contributed by atoms with Crippen molar-refractivity contribution in [3.63, 3.8) is 0 Å². The molecule has 2 aromatic heterocycles. The number of aromatic nitrogens is 3. The maximum absolute atomic E-state index is 11.9. The highest BCUT2D eigenvalue weighted by molar-refractivity contribution is 5.91. The van der Waals surface area contributed by atoms with Crippen LogP contribution in [0.4, 0.5) is 17.5 Å². The van der Waals surface area contributed by atoms with Crippen LogP contribution < -0.4 is 15.4 Å². The van der Waals surface area contributed by atoms with Crippen LogP contribution >= 0.6 is 0 Å². The number of ether oxygens (including phenoxy) is 2. The summed E-state index contributed by atoms with van der Waals surface area (Å²) < 4.78 is 10.1. The van der Waals surface area contributed by atoms with Crippen molar-refractivity contribution >= 4 is 29.4 Å². The van der Waals surface area contributed by atoms with Crippen molar-refractivity contribution in [2.75, 3.05) is 31.4 Å². The number of nitrogens with one attached hydrogen (secondary N) is 2. The lowest BCUT2D eigenvalue weighted by Crippen LogP contribution is -2.15. The minimum absolute atomic E-state index is 0.123. The van der Waals surface area contributed by atoms with Crippen LogP contribution in [0.3, 0.4) is 0 Å². The van der Waals surface area contributed by atoms with Gasteiger partial charge in [-0.05, 0) is 30.3 Å². The number of esters is 1. The third-order valence-electron chi connectivity index (χ3n) is 3.98. The molecule has 3 rings (SSSR count). The Morgan fingerprint density at radius 2 is 1.83 bits per heavy atom. The normalized spacial score (nSPS) is 10.2. The summed E-state index contributed by atoms with van der Waals surface area (Å²) in [5.41, 5.74) is 2.12. The van der Waals surface area contributed by atoms with Gasteiger partial charge in [0.25, 0.3) is 0 Å². The maximum Gasteiger partial charge on any atom is 0.337 e. The van der Waals surface area contributed by atoms with Gasteiger partial charge in [0.15, 0.2) is 0 Å². The zero-order valence-electron chi connectivity index (χ0n) is 16.2. The zero-order valence-corrected chi connectivity index (χ0v) is 16.2. The number of nitrogens with zero attached hydrogens (tertiary/aromatic N) is 3. The molecule has 0 aliphatic carbocycles. The summed E-state index contributed by atoms with van der Waals surface area (Å²) in [7, 11) is 2.80. The third-order valence-corrected chi connectivity index (χ3v) is 3.98. The van der Waals surface area contributed by atoms with E-state index in [0.29, 0.717) is 28.5 Å². The molecular formula is C20H19N5O5.